The first-order chi connectivity index (χ1) is 12.8. The van der Waals surface area contributed by atoms with Gasteiger partial charge in [0.15, 0.2) is 5.96 Å². The Morgan fingerprint density at radius 3 is 2.78 bits per heavy atom. The van der Waals surface area contributed by atoms with Gasteiger partial charge in [0.1, 0.15) is 0 Å². The van der Waals surface area contributed by atoms with Crippen LogP contribution in [-0.4, -0.2) is 24.0 Å². The van der Waals surface area contributed by atoms with Gasteiger partial charge in [-0.3, -0.25) is 4.98 Å². The molecule has 4 nitrogen and oxygen atoms in total. The minimum absolute atomic E-state index is 0. The molecule has 0 radical (unpaired) electrons. The number of pyridine rings is 1. The van der Waals surface area contributed by atoms with E-state index in [9.17, 15) is 0 Å². The lowest BCUT2D eigenvalue weighted by Gasteiger charge is -2.15. The highest BCUT2D eigenvalue weighted by Crippen LogP contribution is 2.17. The zero-order valence-corrected chi connectivity index (χ0v) is 19.0. The molecule has 0 aliphatic heterocycles. The van der Waals surface area contributed by atoms with Gasteiger partial charge in [-0.15, -0.1) is 35.3 Å². The molecule has 1 unspecified atom stereocenters. The molecule has 0 aliphatic carbocycles. The van der Waals surface area contributed by atoms with E-state index in [1.165, 1.54) is 15.8 Å². The first kappa shape index (κ1) is 21.6. The number of hydrogen-bond acceptors (Lipinski definition) is 3. The summed E-state index contributed by atoms with van der Waals surface area (Å²) in [6, 6.07) is 14.6. The number of halogens is 1. The molecule has 0 saturated heterocycles. The maximum absolute atomic E-state index is 4.77. The molecule has 6 heteroatoms. The van der Waals surface area contributed by atoms with Crippen molar-refractivity contribution in [3.8, 4) is 0 Å². The van der Waals surface area contributed by atoms with Crippen LogP contribution in [0, 0.1) is 5.92 Å². The fourth-order valence-corrected chi connectivity index (χ4v) is 3.78. The number of fused-ring (bicyclic) bond motifs is 1. The highest BCUT2D eigenvalue weighted by Gasteiger charge is 2.07. The Balaban J connectivity index is 0.00000261. The third kappa shape index (κ3) is 6.46. The number of thiophene rings is 1. The summed E-state index contributed by atoms with van der Waals surface area (Å²) in [7, 11) is 0. The number of nitrogens with zero attached hydrogens (tertiary/aromatic N) is 2. The van der Waals surface area contributed by atoms with Crippen molar-refractivity contribution in [1.82, 2.24) is 15.6 Å². The normalized spacial score (nSPS) is 12.4. The molecule has 0 saturated carbocycles. The van der Waals surface area contributed by atoms with Gasteiger partial charge in [-0.1, -0.05) is 31.2 Å². The predicted molar refractivity (Wildman–Crippen MR) is 127 cm³/mol. The number of aliphatic imine (C=N–C) groups is 1. The van der Waals surface area contributed by atoms with E-state index in [-0.39, 0.29) is 24.0 Å². The van der Waals surface area contributed by atoms with Gasteiger partial charge in [-0.2, -0.15) is 0 Å². The van der Waals surface area contributed by atoms with Crippen molar-refractivity contribution < 1.29 is 0 Å². The molecule has 144 valence electrons. The Labute approximate surface area is 182 Å². The third-order valence-corrected chi connectivity index (χ3v) is 5.14. The van der Waals surface area contributed by atoms with Crippen LogP contribution in [-0.2, 0) is 13.0 Å². The molecule has 0 amide bonds. The first-order valence-corrected chi connectivity index (χ1v) is 10.0. The van der Waals surface area contributed by atoms with Crippen molar-refractivity contribution in [3.63, 3.8) is 0 Å². The van der Waals surface area contributed by atoms with Crippen LogP contribution in [0.5, 0.6) is 0 Å². The van der Waals surface area contributed by atoms with Gasteiger partial charge in [0.05, 0.1) is 12.1 Å². The average molecular weight is 494 g/mol. The standard InChI is InChI=1S/C21H26N4S.HI/c1-3-22-21(24-14-16(2)13-18-7-6-12-26-18)25-15-17-10-11-23-20-9-5-4-8-19(17)20;/h4-12,16H,3,13-15H2,1-2H3,(H2,22,24,25);1H. The summed E-state index contributed by atoms with van der Waals surface area (Å²) in [5.41, 5.74) is 2.21. The van der Waals surface area contributed by atoms with E-state index in [0.717, 1.165) is 31.0 Å². The minimum Gasteiger partial charge on any atom is -0.357 e. The fraction of sp³-hybridized carbons (Fsp3) is 0.333. The second-order valence-electron chi connectivity index (χ2n) is 6.45. The van der Waals surface area contributed by atoms with Gasteiger partial charge in [-0.25, -0.2) is 4.99 Å². The maximum atomic E-state index is 4.77. The number of guanidine groups is 1. The second-order valence-corrected chi connectivity index (χ2v) is 7.48. The molecule has 0 spiro atoms. The van der Waals surface area contributed by atoms with E-state index in [4.69, 9.17) is 4.99 Å². The molecule has 3 aromatic rings. The first-order valence-electron chi connectivity index (χ1n) is 9.13. The van der Waals surface area contributed by atoms with Crippen LogP contribution >= 0.6 is 35.3 Å². The summed E-state index contributed by atoms with van der Waals surface area (Å²) in [5, 5.41) is 10.1. The second kappa shape index (κ2) is 11.2. The van der Waals surface area contributed by atoms with E-state index < -0.39 is 0 Å². The number of aromatic nitrogens is 1. The summed E-state index contributed by atoms with van der Waals surface area (Å²) in [6.45, 7) is 6.75. The maximum Gasteiger partial charge on any atom is 0.191 e. The van der Waals surface area contributed by atoms with E-state index in [1.807, 2.05) is 35.7 Å². The van der Waals surface area contributed by atoms with Crippen LogP contribution in [0.1, 0.15) is 24.3 Å². The highest BCUT2D eigenvalue weighted by molar-refractivity contribution is 14.0. The van der Waals surface area contributed by atoms with Crippen LogP contribution in [0.15, 0.2) is 59.0 Å². The van der Waals surface area contributed by atoms with Crippen molar-refractivity contribution in [2.75, 3.05) is 13.1 Å². The van der Waals surface area contributed by atoms with Crippen LogP contribution in [0.2, 0.25) is 0 Å². The minimum atomic E-state index is 0. The molecule has 0 fully saturated rings. The van der Waals surface area contributed by atoms with Crippen molar-refractivity contribution in [2.24, 2.45) is 10.9 Å². The van der Waals surface area contributed by atoms with Gasteiger partial charge in [0, 0.05) is 29.5 Å². The highest BCUT2D eigenvalue weighted by atomic mass is 127. The van der Waals surface area contributed by atoms with Gasteiger partial charge in [-0.05, 0) is 48.4 Å². The molecule has 2 heterocycles. The Kier molecular flexibility index (Phi) is 9.00. The van der Waals surface area contributed by atoms with Crippen LogP contribution in [0.4, 0.5) is 0 Å². The lowest BCUT2D eigenvalue weighted by atomic mass is 10.1. The number of hydrogen-bond donors (Lipinski definition) is 2. The lowest BCUT2D eigenvalue weighted by Crippen LogP contribution is -2.39. The predicted octanol–water partition coefficient (Wildman–Crippen LogP) is 4.85. The monoisotopic (exact) mass is 494 g/mol. The largest absolute Gasteiger partial charge is 0.357 e. The zero-order valence-electron chi connectivity index (χ0n) is 15.8. The summed E-state index contributed by atoms with van der Waals surface area (Å²) in [5.74, 6) is 1.42. The SMILES string of the molecule is CCNC(=NCc1ccnc2ccccc12)NCC(C)Cc1cccs1.I. The molecule has 1 aromatic carbocycles. The van der Waals surface area contributed by atoms with E-state index in [2.05, 4.69) is 59.1 Å². The summed E-state index contributed by atoms with van der Waals surface area (Å²) < 4.78 is 0. The molecule has 0 aliphatic rings. The van der Waals surface area contributed by atoms with Gasteiger partial charge in [0.2, 0.25) is 0 Å². The van der Waals surface area contributed by atoms with Crippen LogP contribution in [0.3, 0.4) is 0 Å². The zero-order chi connectivity index (χ0) is 18.2. The number of para-hydroxylation sites is 1. The molecular weight excluding hydrogens is 467 g/mol. The fourth-order valence-electron chi connectivity index (χ4n) is 2.91. The van der Waals surface area contributed by atoms with Crippen molar-refractivity contribution in [1.29, 1.82) is 0 Å². The van der Waals surface area contributed by atoms with Crippen LogP contribution in [0.25, 0.3) is 10.9 Å². The van der Waals surface area contributed by atoms with E-state index in [1.54, 1.807) is 0 Å². The smallest absolute Gasteiger partial charge is 0.191 e. The Hall–Kier alpha value is -1.67. The molecule has 1 atom stereocenters. The van der Waals surface area contributed by atoms with Gasteiger partial charge < -0.3 is 10.6 Å². The van der Waals surface area contributed by atoms with Crippen molar-refractivity contribution in [2.45, 2.75) is 26.8 Å². The molecule has 0 bridgehead atoms. The molecular formula is C21H27IN4S. The quantitative estimate of drug-likeness (QED) is 0.281. The Morgan fingerprint density at radius 1 is 1.15 bits per heavy atom. The van der Waals surface area contributed by atoms with E-state index >= 15 is 0 Å². The van der Waals surface area contributed by atoms with Crippen molar-refractivity contribution in [3.05, 3.63) is 64.5 Å². The summed E-state index contributed by atoms with van der Waals surface area (Å²) in [6.07, 6.45) is 2.95. The van der Waals surface area contributed by atoms with Crippen molar-refractivity contribution >= 4 is 52.2 Å². The molecule has 3 rings (SSSR count). The van der Waals surface area contributed by atoms with Crippen LogP contribution < -0.4 is 10.6 Å². The average Bonchev–Trinajstić information content (AvgIpc) is 3.17. The molecule has 2 aromatic heterocycles. The number of benzene rings is 1. The lowest BCUT2D eigenvalue weighted by molar-refractivity contribution is 0.562. The Bertz CT molecular complexity index is 843. The number of rotatable bonds is 7. The summed E-state index contributed by atoms with van der Waals surface area (Å²) >= 11 is 1.82. The van der Waals surface area contributed by atoms with Gasteiger partial charge >= 0.3 is 0 Å². The van der Waals surface area contributed by atoms with Gasteiger partial charge in [0.25, 0.3) is 0 Å². The summed E-state index contributed by atoms with van der Waals surface area (Å²) in [4.78, 5) is 10.6. The number of nitrogens with one attached hydrogen (secondary N) is 2. The molecule has 2 N–H and O–H groups in total. The third-order valence-electron chi connectivity index (χ3n) is 4.24. The van der Waals surface area contributed by atoms with E-state index in [0.29, 0.717) is 12.5 Å². The molecule has 27 heavy (non-hydrogen) atoms. The Morgan fingerprint density at radius 2 is 2.00 bits per heavy atom. The topological polar surface area (TPSA) is 49.3 Å².